The number of sulfonamides is 1. The topological polar surface area (TPSA) is 108 Å². The van der Waals surface area contributed by atoms with E-state index in [1.165, 1.54) is 10.6 Å². The van der Waals surface area contributed by atoms with Crippen LogP contribution in [0.1, 0.15) is 34.8 Å². The molecule has 11 heteroatoms. The minimum Gasteiger partial charge on any atom is -0.379 e. The number of aromatic nitrogens is 2. The quantitative estimate of drug-likeness (QED) is 0.551. The first-order valence-electron chi connectivity index (χ1n) is 10.3. The average Bonchev–Trinajstić information content (AvgIpc) is 3.22. The second-order valence-electron chi connectivity index (χ2n) is 8.03. The van der Waals surface area contributed by atoms with Crippen LogP contribution in [0.4, 0.5) is 5.95 Å². The number of nitrogens with zero attached hydrogens (tertiary/aromatic N) is 5. The molecule has 2 saturated heterocycles. The van der Waals surface area contributed by atoms with Gasteiger partial charge in [0.2, 0.25) is 16.0 Å². The van der Waals surface area contributed by atoms with Crippen LogP contribution in [-0.4, -0.2) is 106 Å². The number of anilines is 1. The van der Waals surface area contributed by atoms with Gasteiger partial charge >= 0.3 is 0 Å². The summed E-state index contributed by atoms with van der Waals surface area (Å²) < 4.78 is 30.6. The van der Waals surface area contributed by atoms with Crippen molar-refractivity contribution in [1.82, 2.24) is 24.5 Å². The first kappa shape index (κ1) is 22.9. The molecule has 0 aromatic carbocycles. The van der Waals surface area contributed by atoms with Gasteiger partial charge in [0.05, 0.1) is 30.7 Å². The van der Waals surface area contributed by atoms with Gasteiger partial charge in [-0.25, -0.2) is 22.7 Å². The molecule has 2 fully saturated rings. The van der Waals surface area contributed by atoms with Crippen LogP contribution < -0.4 is 10.2 Å². The summed E-state index contributed by atoms with van der Waals surface area (Å²) in [6.07, 6.45) is 4.25. The number of amides is 1. The molecule has 0 spiro atoms. The van der Waals surface area contributed by atoms with E-state index in [9.17, 15) is 13.2 Å². The third-order valence-electron chi connectivity index (χ3n) is 5.50. The Bertz CT molecular complexity index is 841. The molecule has 1 N–H and O–H groups in total. The molecule has 1 unspecified atom stereocenters. The summed E-state index contributed by atoms with van der Waals surface area (Å²) in [6, 6.07) is 0. The average molecular weight is 441 g/mol. The molecule has 0 saturated carbocycles. The lowest BCUT2D eigenvalue weighted by Crippen LogP contribution is -2.38. The predicted octanol–water partition coefficient (Wildman–Crippen LogP) is -0.256. The van der Waals surface area contributed by atoms with Crippen molar-refractivity contribution in [1.29, 1.82) is 0 Å². The van der Waals surface area contributed by atoms with Gasteiger partial charge in [-0.2, -0.15) is 0 Å². The molecule has 3 heterocycles. The second kappa shape index (κ2) is 9.99. The Labute approximate surface area is 178 Å². The smallest absolute Gasteiger partial charge is 0.254 e. The van der Waals surface area contributed by atoms with E-state index in [2.05, 4.69) is 20.2 Å². The molecule has 2 aliphatic rings. The van der Waals surface area contributed by atoms with Crippen LogP contribution >= 0.6 is 0 Å². The zero-order chi connectivity index (χ0) is 21.7. The van der Waals surface area contributed by atoms with Crippen molar-refractivity contribution in [3.63, 3.8) is 0 Å². The van der Waals surface area contributed by atoms with Crippen LogP contribution in [0.15, 0.2) is 6.20 Å². The van der Waals surface area contributed by atoms with E-state index in [0.717, 1.165) is 39.3 Å². The number of nitrogens with one attached hydrogen (secondary N) is 1. The van der Waals surface area contributed by atoms with Gasteiger partial charge in [0.25, 0.3) is 5.91 Å². The highest BCUT2D eigenvalue weighted by atomic mass is 32.2. The van der Waals surface area contributed by atoms with Gasteiger partial charge in [0.15, 0.2) is 0 Å². The summed E-state index contributed by atoms with van der Waals surface area (Å²) in [5.74, 6) is 0.164. The van der Waals surface area contributed by atoms with E-state index in [0.29, 0.717) is 43.3 Å². The minimum absolute atomic E-state index is 0.129. The normalized spacial score (nSPS) is 21.0. The van der Waals surface area contributed by atoms with Crippen molar-refractivity contribution < 1.29 is 17.9 Å². The summed E-state index contributed by atoms with van der Waals surface area (Å²) in [4.78, 5) is 25.9. The third-order valence-corrected chi connectivity index (χ3v) is 6.77. The van der Waals surface area contributed by atoms with Gasteiger partial charge in [-0.05, 0) is 19.4 Å². The van der Waals surface area contributed by atoms with Crippen molar-refractivity contribution in [2.45, 2.75) is 18.8 Å². The van der Waals surface area contributed by atoms with Crippen LogP contribution in [0, 0.1) is 0 Å². The van der Waals surface area contributed by atoms with Crippen LogP contribution in [0.25, 0.3) is 0 Å². The number of rotatable bonds is 8. The molecule has 0 aliphatic carbocycles. The molecular formula is C19H32N6O4S. The monoisotopic (exact) mass is 440 g/mol. The van der Waals surface area contributed by atoms with E-state index < -0.39 is 10.0 Å². The van der Waals surface area contributed by atoms with Crippen LogP contribution in [-0.2, 0) is 14.8 Å². The van der Waals surface area contributed by atoms with Gasteiger partial charge in [-0.1, -0.05) is 0 Å². The summed E-state index contributed by atoms with van der Waals surface area (Å²) in [5.41, 5.74) is 1.04. The number of ether oxygens (including phenoxy) is 1. The van der Waals surface area contributed by atoms with Crippen molar-refractivity contribution in [3.8, 4) is 0 Å². The molecule has 30 heavy (non-hydrogen) atoms. The zero-order valence-electron chi connectivity index (χ0n) is 18.0. The Kier molecular flexibility index (Phi) is 7.61. The molecule has 0 radical (unpaired) electrons. The highest BCUT2D eigenvalue weighted by Crippen LogP contribution is 2.30. The second-order valence-corrected chi connectivity index (χ2v) is 10.0. The fraction of sp³-hybridized carbons (Fsp3) is 0.737. The van der Waals surface area contributed by atoms with Gasteiger partial charge in [-0.3, -0.25) is 9.69 Å². The van der Waals surface area contributed by atoms with Crippen molar-refractivity contribution in [2.75, 3.05) is 77.7 Å². The molecule has 1 atom stereocenters. The lowest BCUT2D eigenvalue weighted by Gasteiger charge is -2.26. The Morgan fingerprint density at radius 1 is 1.30 bits per heavy atom. The largest absolute Gasteiger partial charge is 0.379 e. The van der Waals surface area contributed by atoms with E-state index in [1.807, 2.05) is 14.1 Å². The minimum atomic E-state index is -3.27. The molecule has 168 valence electrons. The van der Waals surface area contributed by atoms with E-state index in [4.69, 9.17) is 4.74 Å². The van der Waals surface area contributed by atoms with E-state index in [1.54, 1.807) is 11.1 Å². The Morgan fingerprint density at radius 2 is 2.03 bits per heavy atom. The van der Waals surface area contributed by atoms with Gasteiger partial charge in [-0.15, -0.1) is 0 Å². The van der Waals surface area contributed by atoms with Gasteiger partial charge in [0, 0.05) is 58.9 Å². The zero-order valence-corrected chi connectivity index (χ0v) is 18.8. The summed E-state index contributed by atoms with van der Waals surface area (Å²) in [7, 11) is 0.405. The SMILES string of the molecule is CN(C)c1ncc(C(=O)NCCCN2CCOCC2)c(C2CCN(S(C)(=O)=O)C2)n1. The first-order chi connectivity index (χ1) is 14.3. The highest BCUT2D eigenvalue weighted by molar-refractivity contribution is 7.88. The van der Waals surface area contributed by atoms with Gasteiger partial charge in [0.1, 0.15) is 0 Å². The summed E-state index contributed by atoms with van der Waals surface area (Å²) in [6.45, 7) is 5.62. The number of carbonyl (C=O) groups is 1. The van der Waals surface area contributed by atoms with Gasteiger partial charge < -0.3 is 15.0 Å². The number of hydrogen-bond donors (Lipinski definition) is 1. The molecule has 10 nitrogen and oxygen atoms in total. The third kappa shape index (κ3) is 5.87. The van der Waals surface area contributed by atoms with Crippen LogP contribution in [0.3, 0.4) is 0 Å². The Hall–Kier alpha value is -1.82. The molecule has 1 aromatic rings. The van der Waals surface area contributed by atoms with Crippen LogP contribution in [0.2, 0.25) is 0 Å². The lowest BCUT2D eigenvalue weighted by molar-refractivity contribution is 0.0374. The van der Waals surface area contributed by atoms with Crippen molar-refractivity contribution in [3.05, 3.63) is 17.5 Å². The number of hydrogen-bond acceptors (Lipinski definition) is 8. The maximum absolute atomic E-state index is 12.9. The number of carbonyl (C=O) groups excluding carboxylic acids is 1. The van der Waals surface area contributed by atoms with Crippen molar-refractivity contribution >= 4 is 21.9 Å². The maximum Gasteiger partial charge on any atom is 0.254 e. The molecule has 1 amide bonds. The van der Waals surface area contributed by atoms with E-state index >= 15 is 0 Å². The fourth-order valence-electron chi connectivity index (χ4n) is 3.76. The molecule has 2 aliphatic heterocycles. The highest BCUT2D eigenvalue weighted by Gasteiger charge is 2.33. The first-order valence-corrected chi connectivity index (χ1v) is 12.2. The molecule has 1 aromatic heterocycles. The maximum atomic E-state index is 12.9. The molecular weight excluding hydrogens is 408 g/mol. The molecule has 0 bridgehead atoms. The van der Waals surface area contributed by atoms with E-state index in [-0.39, 0.29) is 11.8 Å². The summed E-state index contributed by atoms with van der Waals surface area (Å²) >= 11 is 0. The Balaban J connectivity index is 1.66. The standard InChI is InChI=1S/C19H32N6O4S/c1-23(2)19-21-13-16(17(22-19)15-5-8-25(14-15)30(3,27)28)18(26)20-6-4-7-24-9-11-29-12-10-24/h13,15H,4-12,14H2,1-3H3,(H,20,26). The fourth-order valence-corrected chi connectivity index (χ4v) is 4.65. The van der Waals surface area contributed by atoms with Crippen LogP contribution in [0.5, 0.6) is 0 Å². The van der Waals surface area contributed by atoms with Crippen molar-refractivity contribution in [2.24, 2.45) is 0 Å². The Morgan fingerprint density at radius 3 is 2.67 bits per heavy atom. The molecule has 3 rings (SSSR count). The lowest BCUT2D eigenvalue weighted by atomic mass is 10.00. The predicted molar refractivity (Wildman–Crippen MR) is 114 cm³/mol. The number of morpholine rings is 1. The summed E-state index contributed by atoms with van der Waals surface area (Å²) in [5, 5.41) is 2.97.